The molecule has 0 aliphatic carbocycles. The molecule has 7 nitrogen and oxygen atoms in total. The van der Waals surface area contributed by atoms with Crippen molar-refractivity contribution in [1.82, 2.24) is 10.3 Å². The molecule has 10 heteroatoms. The third-order valence-electron chi connectivity index (χ3n) is 4.57. The van der Waals surface area contributed by atoms with Crippen molar-refractivity contribution < 1.29 is 17.6 Å². The van der Waals surface area contributed by atoms with E-state index >= 15 is 0 Å². The smallest absolute Gasteiger partial charge is 0.319 e. The average Bonchev–Trinajstić information content (AvgIpc) is 3.14. The van der Waals surface area contributed by atoms with Crippen molar-refractivity contribution in [2.45, 2.75) is 18.4 Å². The standard InChI is InChI=1S/C22H19FN4O3S2/c1-14-2-9-18(10-3-14)32(29,30)27-22-26-19-11-8-17(12-20(19)31-22)25-21(28)24-13-15-4-6-16(23)7-5-15/h2-12H,13H2,1H3,(H,26,27)(H2,24,25,28). The molecular weight excluding hydrogens is 451 g/mol. The average molecular weight is 471 g/mol. The lowest BCUT2D eigenvalue weighted by Crippen LogP contribution is -2.28. The zero-order chi connectivity index (χ0) is 22.7. The molecule has 0 aliphatic rings. The van der Waals surface area contributed by atoms with Gasteiger partial charge in [-0.25, -0.2) is 22.6 Å². The Kier molecular flexibility index (Phi) is 6.06. The molecule has 0 aliphatic heterocycles. The fourth-order valence-electron chi connectivity index (χ4n) is 2.90. The van der Waals surface area contributed by atoms with E-state index in [2.05, 4.69) is 20.3 Å². The number of nitrogens with zero attached hydrogens (tertiary/aromatic N) is 1. The topological polar surface area (TPSA) is 100 Å². The van der Waals surface area contributed by atoms with Crippen LogP contribution in [0.5, 0.6) is 0 Å². The van der Waals surface area contributed by atoms with Crippen LogP contribution >= 0.6 is 11.3 Å². The van der Waals surface area contributed by atoms with Gasteiger partial charge >= 0.3 is 6.03 Å². The van der Waals surface area contributed by atoms with Gasteiger partial charge in [0.2, 0.25) is 0 Å². The Morgan fingerprint density at radius 2 is 1.75 bits per heavy atom. The summed E-state index contributed by atoms with van der Waals surface area (Å²) >= 11 is 1.17. The summed E-state index contributed by atoms with van der Waals surface area (Å²) in [5.74, 6) is -0.336. The molecule has 3 aromatic carbocycles. The number of aromatic nitrogens is 1. The molecule has 32 heavy (non-hydrogen) atoms. The Balaban J connectivity index is 1.42. The van der Waals surface area contributed by atoms with E-state index in [-0.39, 0.29) is 22.4 Å². The lowest BCUT2D eigenvalue weighted by Gasteiger charge is -2.07. The van der Waals surface area contributed by atoms with E-state index in [0.29, 0.717) is 15.9 Å². The maximum absolute atomic E-state index is 13.0. The maximum atomic E-state index is 13.0. The Hall–Kier alpha value is -3.50. The summed E-state index contributed by atoms with van der Waals surface area (Å²) in [5.41, 5.74) is 2.87. The van der Waals surface area contributed by atoms with Gasteiger partial charge in [0, 0.05) is 12.2 Å². The zero-order valence-corrected chi connectivity index (χ0v) is 18.6. The highest BCUT2D eigenvalue weighted by atomic mass is 32.2. The van der Waals surface area contributed by atoms with E-state index in [1.807, 2.05) is 6.92 Å². The molecule has 0 saturated heterocycles. The van der Waals surface area contributed by atoms with Crippen LogP contribution in [0, 0.1) is 12.7 Å². The monoisotopic (exact) mass is 470 g/mol. The Morgan fingerprint density at radius 3 is 2.47 bits per heavy atom. The van der Waals surface area contributed by atoms with E-state index in [1.54, 1.807) is 42.5 Å². The maximum Gasteiger partial charge on any atom is 0.319 e. The second-order valence-electron chi connectivity index (χ2n) is 7.05. The van der Waals surface area contributed by atoms with Gasteiger partial charge in [-0.15, -0.1) is 0 Å². The number of thiazole rings is 1. The number of carbonyl (C=O) groups is 1. The molecule has 0 saturated carbocycles. The van der Waals surface area contributed by atoms with Crippen LogP contribution in [0.3, 0.4) is 0 Å². The van der Waals surface area contributed by atoms with Crippen LogP contribution in [0.2, 0.25) is 0 Å². The van der Waals surface area contributed by atoms with Gasteiger partial charge in [-0.1, -0.05) is 41.2 Å². The number of hydrogen-bond acceptors (Lipinski definition) is 5. The highest BCUT2D eigenvalue weighted by molar-refractivity contribution is 7.93. The predicted octanol–water partition coefficient (Wildman–Crippen LogP) is 4.87. The van der Waals surface area contributed by atoms with E-state index in [9.17, 15) is 17.6 Å². The minimum atomic E-state index is -3.75. The van der Waals surface area contributed by atoms with E-state index in [0.717, 1.165) is 11.1 Å². The molecule has 4 rings (SSSR count). The van der Waals surface area contributed by atoms with Gasteiger partial charge < -0.3 is 10.6 Å². The summed E-state index contributed by atoms with van der Waals surface area (Å²) in [5, 5.41) is 5.65. The number of fused-ring (bicyclic) bond motifs is 1. The molecule has 0 radical (unpaired) electrons. The molecule has 4 aromatic rings. The Bertz CT molecular complexity index is 1370. The Morgan fingerprint density at radius 1 is 1.03 bits per heavy atom. The van der Waals surface area contributed by atoms with Crippen LogP contribution in [-0.4, -0.2) is 19.4 Å². The number of nitrogens with one attached hydrogen (secondary N) is 3. The summed E-state index contributed by atoms with van der Waals surface area (Å²) in [6, 6.07) is 17.1. The molecule has 0 fully saturated rings. The number of amides is 2. The molecule has 1 heterocycles. The normalized spacial score (nSPS) is 11.3. The number of aryl methyl sites for hydroxylation is 1. The zero-order valence-electron chi connectivity index (χ0n) is 16.9. The molecule has 0 spiro atoms. The van der Waals surface area contributed by atoms with E-state index in [1.165, 1.54) is 35.6 Å². The van der Waals surface area contributed by atoms with Gasteiger partial charge in [0.15, 0.2) is 5.13 Å². The molecule has 0 bridgehead atoms. The second kappa shape index (κ2) is 8.93. The predicted molar refractivity (Wildman–Crippen MR) is 124 cm³/mol. The number of sulfonamides is 1. The Labute approximate surface area is 188 Å². The number of carbonyl (C=O) groups excluding carboxylic acids is 1. The summed E-state index contributed by atoms with van der Waals surface area (Å²) < 4.78 is 41.3. The number of hydrogen-bond donors (Lipinski definition) is 3. The fraction of sp³-hybridized carbons (Fsp3) is 0.0909. The summed E-state index contributed by atoms with van der Waals surface area (Å²) in [4.78, 5) is 16.6. The third kappa shape index (κ3) is 5.21. The van der Waals surface area contributed by atoms with Crippen LogP contribution in [0.25, 0.3) is 10.2 Å². The fourth-order valence-corrected chi connectivity index (χ4v) is 5.04. The summed E-state index contributed by atoms with van der Waals surface area (Å²) in [7, 11) is -3.75. The first-order valence-electron chi connectivity index (χ1n) is 9.58. The minimum Gasteiger partial charge on any atom is -0.334 e. The molecule has 164 valence electrons. The van der Waals surface area contributed by atoms with Crippen LogP contribution in [0.1, 0.15) is 11.1 Å². The quantitative estimate of drug-likeness (QED) is 0.374. The van der Waals surface area contributed by atoms with E-state index < -0.39 is 16.1 Å². The highest BCUT2D eigenvalue weighted by Crippen LogP contribution is 2.30. The SMILES string of the molecule is Cc1ccc(S(=O)(=O)Nc2nc3ccc(NC(=O)NCc4ccc(F)cc4)cc3s2)cc1. The van der Waals surface area contributed by atoms with Crippen molar-refractivity contribution in [2.24, 2.45) is 0 Å². The third-order valence-corrected chi connectivity index (χ3v) is 6.98. The van der Waals surface area contributed by atoms with Gasteiger partial charge in [0.25, 0.3) is 10.0 Å². The molecule has 0 atom stereocenters. The lowest BCUT2D eigenvalue weighted by molar-refractivity contribution is 0.251. The largest absolute Gasteiger partial charge is 0.334 e. The summed E-state index contributed by atoms with van der Waals surface area (Å²) in [6.07, 6.45) is 0. The van der Waals surface area contributed by atoms with Crippen molar-refractivity contribution in [3.63, 3.8) is 0 Å². The van der Waals surface area contributed by atoms with Gasteiger partial charge in [0.1, 0.15) is 5.82 Å². The highest BCUT2D eigenvalue weighted by Gasteiger charge is 2.16. The van der Waals surface area contributed by atoms with Crippen molar-refractivity contribution in [3.8, 4) is 0 Å². The van der Waals surface area contributed by atoms with Crippen molar-refractivity contribution in [1.29, 1.82) is 0 Å². The molecular formula is C22H19FN4O3S2. The van der Waals surface area contributed by atoms with Crippen LogP contribution < -0.4 is 15.4 Å². The van der Waals surface area contributed by atoms with Gasteiger partial charge in [-0.3, -0.25) is 4.72 Å². The lowest BCUT2D eigenvalue weighted by atomic mass is 10.2. The first-order valence-corrected chi connectivity index (χ1v) is 11.9. The number of rotatable bonds is 6. The second-order valence-corrected chi connectivity index (χ2v) is 9.77. The minimum absolute atomic E-state index is 0.155. The van der Waals surface area contributed by atoms with Crippen molar-refractivity contribution >= 4 is 48.4 Å². The first-order chi connectivity index (χ1) is 15.3. The summed E-state index contributed by atoms with van der Waals surface area (Å²) in [6.45, 7) is 2.13. The number of halogens is 1. The molecule has 1 aromatic heterocycles. The molecule has 3 N–H and O–H groups in total. The van der Waals surface area contributed by atoms with Gasteiger partial charge in [-0.05, 0) is 55.0 Å². The molecule has 2 amide bonds. The van der Waals surface area contributed by atoms with Gasteiger partial charge in [0.05, 0.1) is 15.1 Å². The molecule has 0 unspecified atom stereocenters. The van der Waals surface area contributed by atoms with Crippen molar-refractivity contribution in [3.05, 3.63) is 83.7 Å². The van der Waals surface area contributed by atoms with Crippen LogP contribution in [0.4, 0.5) is 20.0 Å². The first kappa shape index (κ1) is 21.7. The van der Waals surface area contributed by atoms with Crippen LogP contribution in [-0.2, 0) is 16.6 Å². The number of benzene rings is 3. The van der Waals surface area contributed by atoms with Crippen molar-refractivity contribution in [2.75, 3.05) is 10.0 Å². The number of urea groups is 1. The van der Waals surface area contributed by atoms with Gasteiger partial charge in [-0.2, -0.15) is 0 Å². The van der Waals surface area contributed by atoms with Crippen LogP contribution in [0.15, 0.2) is 71.6 Å². The van der Waals surface area contributed by atoms with E-state index in [4.69, 9.17) is 0 Å². The number of anilines is 2.